The highest BCUT2D eigenvalue weighted by molar-refractivity contribution is 4.67. The maximum atomic E-state index is 9.01. The van der Waals surface area contributed by atoms with Crippen molar-refractivity contribution in [1.82, 2.24) is 0 Å². The fourth-order valence-corrected chi connectivity index (χ4v) is 3.23. The summed E-state index contributed by atoms with van der Waals surface area (Å²) in [5.41, 5.74) is 5.83. The molecule has 0 spiro atoms. The monoisotopic (exact) mass is 327 g/mol. The van der Waals surface area contributed by atoms with E-state index < -0.39 is 0 Å². The number of hydrogen-bond donors (Lipinski definition) is 2. The lowest BCUT2D eigenvalue weighted by atomic mass is 9.96. The molecule has 3 N–H and O–H groups in total. The molecule has 2 atom stereocenters. The van der Waals surface area contributed by atoms with Crippen molar-refractivity contribution in [3.05, 3.63) is 0 Å². The summed E-state index contributed by atoms with van der Waals surface area (Å²) in [6, 6.07) is -0.0263. The molecule has 23 heavy (non-hydrogen) atoms. The highest BCUT2D eigenvalue weighted by Crippen LogP contribution is 2.15. The average Bonchev–Trinajstić information content (AvgIpc) is 2.57. The van der Waals surface area contributed by atoms with Gasteiger partial charge in [-0.15, -0.1) is 0 Å². The molecule has 140 valence electrons. The molecule has 0 unspecified atom stereocenters. The van der Waals surface area contributed by atoms with Crippen LogP contribution in [0.25, 0.3) is 0 Å². The van der Waals surface area contributed by atoms with E-state index in [9.17, 15) is 0 Å². The Bertz CT molecular complexity index is 220. The van der Waals surface area contributed by atoms with E-state index in [0.717, 1.165) is 0 Å². The molecule has 0 saturated carbocycles. The zero-order valence-electron chi connectivity index (χ0n) is 16.2. The molecule has 0 amide bonds. The van der Waals surface area contributed by atoms with E-state index >= 15 is 0 Å². The van der Waals surface area contributed by atoms with E-state index in [0.29, 0.717) is 5.92 Å². The lowest BCUT2D eigenvalue weighted by molar-refractivity contribution is 0.226. The molecule has 0 aromatic heterocycles. The molecule has 2 nitrogen and oxygen atoms in total. The summed E-state index contributed by atoms with van der Waals surface area (Å²) in [5.74, 6) is 0.460. The molecule has 0 aliphatic rings. The summed E-state index contributed by atoms with van der Waals surface area (Å²) < 4.78 is 0. The van der Waals surface area contributed by atoms with Gasteiger partial charge in [0, 0.05) is 6.04 Å². The maximum absolute atomic E-state index is 9.01. The van der Waals surface area contributed by atoms with Crippen LogP contribution in [0.3, 0.4) is 0 Å². The first kappa shape index (κ1) is 22.9. The van der Waals surface area contributed by atoms with Crippen molar-refractivity contribution >= 4 is 0 Å². The van der Waals surface area contributed by atoms with Crippen LogP contribution in [0.2, 0.25) is 0 Å². The Hall–Kier alpha value is -0.0800. The summed E-state index contributed by atoms with van der Waals surface area (Å²) in [4.78, 5) is 0. The lowest BCUT2D eigenvalue weighted by Gasteiger charge is -2.17. The number of aliphatic hydroxyl groups excluding tert-OH is 1. The maximum Gasteiger partial charge on any atom is 0.0585 e. The first-order valence-electron chi connectivity index (χ1n) is 10.6. The molecule has 0 radical (unpaired) electrons. The van der Waals surface area contributed by atoms with Crippen molar-refractivity contribution in [3.63, 3.8) is 0 Å². The summed E-state index contributed by atoms with van der Waals surface area (Å²) in [5, 5.41) is 9.01. The van der Waals surface area contributed by atoms with Gasteiger partial charge in [0.2, 0.25) is 0 Å². The topological polar surface area (TPSA) is 46.2 Å². The van der Waals surface area contributed by atoms with Crippen LogP contribution >= 0.6 is 0 Å². The van der Waals surface area contributed by atoms with Gasteiger partial charge in [-0.05, 0) is 12.3 Å². The van der Waals surface area contributed by atoms with Gasteiger partial charge >= 0.3 is 0 Å². The quantitative estimate of drug-likeness (QED) is 0.294. The SMILES string of the molecule is CCCCCCCCCCCCCCCCC[C@H](C)[C@H](N)CO. The molecule has 2 heteroatoms. The smallest absolute Gasteiger partial charge is 0.0585 e. The Kier molecular flexibility index (Phi) is 18.2. The van der Waals surface area contributed by atoms with Crippen molar-refractivity contribution in [2.75, 3.05) is 6.61 Å². The van der Waals surface area contributed by atoms with Gasteiger partial charge in [0.1, 0.15) is 0 Å². The third-order valence-electron chi connectivity index (χ3n) is 5.20. The normalized spacial score (nSPS) is 14.1. The molecule has 0 aliphatic carbocycles. The minimum atomic E-state index is -0.0263. The average molecular weight is 328 g/mol. The Labute approximate surface area is 146 Å². The fraction of sp³-hybridized carbons (Fsp3) is 1.00. The van der Waals surface area contributed by atoms with Gasteiger partial charge in [-0.3, -0.25) is 0 Å². The molecule has 0 heterocycles. The first-order chi connectivity index (χ1) is 11.2. The Morgan fingerprint density at radius 1 is 0.652 bits per heavy atom. The predicted molar refractivity (Wildman–Crippen MR) is 104 cm³/mol. The molecule has 0 aliphatic heterocycles. The van der Waals surface area contributed by atoms with Crippen molar-refractivity contribution in [1.29, 1.82) is 0 Å². The van der Waals surface area contributed by atoms with E-state index in [1.165, 1.54) is 103 Å². The highest BCUT2D eigenvalue weighted by Gasteiger charge is 2.10. The predicted octanol–water partition coefficient (Wildman–Crippen LogP) is 6.20. The zero-order valence-corrected chi connectivity index (χ0v) is 16.2. The van der Waals surface area contributed by atoms with Crippen LogP contribution in [0.1, 0.15) is 117 Å². The van der Waals surface area contributed by atoms with Crippen molar-refractivity contribution in [2.24, 2.45) is 11.7 Å². The molecule has 0 saturated heterocycles. The molecular formula is C21H45NO. The van der Waals surface area contributed by atoms with Crippen LogP contribution in [-0.4, -0.2) is 17.8 Å². The zero-order chi connectivity index (χ0) is 17.2. The summed E-state index contributed by atoms with van der Waals surface area (Å²) >= 11 is 0. The van der Waals surface area contributed by atoms with Gasteiger partial charge < -0.3 is 10.8 Å². The molecule has 0 aromatic carbocycles. The second kappa shape index (κ2) is 18.3. The minimum Gasteiger partial charge on any atom is -0.395 e. The summed E-state index contributed by atoms with van der Waals surface area (Å²) in [6.45, 7) is 4.57. The first-order valence-corrected chi connectivity index (χ1v) is 10.6. The number of rotatable bonds is 18. The standard InChI is InChI=1S/C21H45NO/c1-3-4-5-6-7-8-9-10-11-12-13-14-15-16-17-18-20(2)21(22)19-23/h20-21,23H,3-19,22H2,1-2H3/t20-,21+/m0/s1. The molecule has 0 aromatic rings. The van der Waals surface area contributed by atoms with E-state index in [2.05, 4.69) is 13.8 Å². The Balaban J connectivity index is 3.08. The largest absolute Gasteiger partial charge is 0.395 e. The summed E-state index contributed by atoms with van der Waals surface area (Å²) in [6.07, 6.45) is 22.3. The van der Waals surface area contributed by atoms with Crippen LogP contribution in [0.5, 0.6) is 0 Å². The van der Waals surface area contributed by atoms with Crippen LogP contribution in [0.4, 0.5) is 0 Å². The Morgan fingerprint density at radius 3 is 1.35 bits per heavy atom. The van der Waals surface area contributed by atoms with E-state index in [1.54, 1.807) is 0 Å². The molecule has 0 fully saturated rings. The van der Waals surface area contributed by atoms with E-state index in [4.69, 9.17) is 10.8 Å². The molecule has 0 rings (SSSR count). The number of hydrogen-bond acceptors (Lipinski definition) is 2. The fourth-order valence-electron chi connectivity index (χ4n) is 3.23. The van der Waals surface area contributed by atoms with Gasteiger partial charge in [0.25, 0.3) is 0 Å². The molecular weight excluding hydrogens is 282 g/mol. The number of unbranched alkanes of at least 4 members (excludes halogenated alkanes) is 14. The van der Waals surface area contributed by atoms with Gasteiger partial charge in [-0.2, -0.15) is 0 Å². The lowest BCUT2D eigenvalue weighted by Crippen LogP contribution is -2.31. The Morgan fingerprint density at radius 2 is 1.00 bits per heavy atom. The van der Waals surface area contributed by atoms with Gasteiger partial charge in [-0.1, -0.05) is 110 Å². The minimum absolute atomic E-state index is 0.0263. The van der Waals surface area contributed by atoms with Crippen molar-refractivity contribution in [2.45, 2.75) is 123 Å². The van der Waals surface area contributed by atoms with Gasteiger partial charge in [0.15, 0.2) is 0 Å². The van der Waals surface area contributed by atoms with Crippen LogP contribution in [0.15, 0.2) is 0 Å². The van der Waals surface area contributed by atoms with Crippen molar-refractivity contribution < 1.29 is 5.11 Å². The third-order valence-corrected chi connectivity index (χ3v) is 5.20. The molecule has 0 bridgehead atoms. The second-order valence-corrected chi connectivity index (χ2v) is 7.56. The van der Waals surface area contributed by atoms with Crippen LogP contribution in [0, 0.1) is 5.92 Å². The van der Waals surface area contributed by atoms with Gasteiger partial charge in [0.05, 0.1) is 6.61 Å². The van der Waals surface area contributed by atoms with Crippen LogP contribution < -0.4 is 5.73 Å². The van der Waals surface area contributed by atoms with Crippen molar-refractivity contribution in [3.8, 4) is 0 Å². The van der Waals surface area contributed by atoms with E-state index in [1.807, 2.05) is 0 Å². The second-order valence-electron chi connectivity index (χ2n) is 7.56. The third kappa shape index (κ3) is 16.6. The highest BCUT2D eigenvalue weighted by atomic mass is 16.3. The number of nitrogens with two attached hydrogens (primary N) is 1. The van der Waals surface area contributed by atoms with Crippen LogP contribution in [-0.2, 0) is 0 Å². The van der Waals surface area contributed by atoms with Gasteiger partial charge in [-0.25, -0.2) is 0 Å². The van der Waals surface area contributed by atoms with E-state index in [-0.39, 0.29) is 12.6 Å². The summed E-state index contributed by atoms with van der Waals surface area (Å²) in [7, 11) is 0. The number of aliphatic hydroxyl groups is 1.